The highest BCUT2D eigenvalue weighted by Crippen LogP contribution is 2.20. The van der Waals surface area contributed by atoms with Crippen LogP contribution in [0, 0.1) is 19.8 Å². The van der Waals surface area contributed by atoms with Crippen molar-refractivity contribution in [2.75, 3.05) is 18.4 Å². The lowest BCUT2D eigenvalue weighted by Crippen LogP contribution is -2.33. The predicted molar refractivity (Wildman–Crippen MR) is 121 cm³/mol. The second-order valence-electron chi connectivity index (χ2n) is 8.62. The van der Waals surface area contributed by atoms with Gasteiger partial charge in [0.2, 0.25) is 11.7 Å². The number of nitrogens with one attached hydrogen (secondary N) is 1. The maximum Gasteiger partial charge on any atom is 0.248 e. The van der Waals surface area contributed by atoms with E-state index in [1.807, 2.05) is 44.2 Å². The zero-order valence-corrected chi connectivity index (χ0v) is 18.5. The number of rotatable bonds is 6. The maximum absolute atomic E-state index is 12.4. The van der Waals surface area contributed by atoms with Crippen LogP contribution in [-0.4, -0.2) is 44.1 Å². The summed E-state index contributed by atoms with van der Waals surface area (Å²) in [6.07, 6.45) is 2.61. The molecule has 1 aliphatic heterocycles. The molecule has 0 bridgehead atoms. The van der Waals surface area contributed by atoms with E-state index in [1.165, 1.54) is 36.3 Å². The molecule has 1 N–H and O–H groups in total. The van der Waals surface area contributed by atoms with Crippen LogP contribution >= 0.6 is 0 Å². The lowest BCUT2D eigenvalue weighted by molar-refractivity contribution is -0.117. The Kier molecular flexibility index (Phi) is 6.42. The molecule has 0 aliphatic carbocycles. The van der Waals surface area contributed by atoms with Crippen LogP contribution < -0.4 is 5.32 Å². The van der Waals surface area contributed by atoms with Crippen molar-refractivity contribution in [3.05, 3.63) is 59.2 Å². The second kappa shape index (κ2) is 9.39. The second-order valence-corrected chi connectivity index (χ2v) is 8.62. The molecule has 1 aliphatic rings. The first kappa shape index (κ1) is 21.2. The van der Waals surface area contributed by atoms with Gasteiger partial charge in [-0.2, -0.15) is 4.80 Å². The topological polar surface area (TPSA) is 75.9 Å². The number of tetrazole rings is 1. The number of hydrogen-bond donors (Lipinski definition) is 1. The molecule has 1 atom stereocenters. The summed E-state index contributed by atoms with van der Waals surface area (Å²) >= 11 is 0. The highest BCUT2D eigenvalue weighted by Gasteiger charge is 2.16. The van der Waals surface area contributed by atoms with E-state index < -0.39 is 0 Å². The van der Waals surface area contributed by atoms with Crippen LogP contribution in [0.2, 0.25) is 0 Å². The van der Waals surface area contributed by atoms with Gasteiger partial charge in [0.05, 0.1) is 0 Å². The van der Waals surface area contributed by atoms with Crippen LogP contribution in [0.25, 0.3) is 11.4 Å². The van der Waals surface area contributed by atoms with Gasteiger partial charge in [0.1, 0.15) is 6.54 Å². The van der Waals surface area contributed by atoms with Gasteiger partial charge in [-0.15, -0.1) is 10.2 Å². The summed E-state index contributed by atoms with van der Waals surface area (Å²) < 4.78 is 0. The van der Waals surface area contributed by atoms with Gasteiger partial charge in [-0.25, -0.2) is 0 Å². The normalized spacial score (nSPS) is 16.9. The van der Waals surface area contributed by atoms with Gasteiger partial charge in [0.15, 0.2) is 0 Å². The number of aryl methyl sites for hydroxylation is 1. The fourth-order valence-electron chi connectivity index (χ4n) is 4.08. The largest absolute Gasteiger partial charge is 0.324 e. The molecular weight excluding hydrogens is 388 g/mol. The molecule has 31 heavy (non-hydrogen) atoms. The summed E-state index contributed by atoms with van der Waals surface area (Å²) in [6.45, 7) is 9.68. The number of likely N-dealkylation sites (tertiary alicyclic amines) is 1. The predicted octanol–water partition coefficient (Wildman–Crippen LogP) is 3.83. The number of benzene rings is 2. The summed E-state index contributed by atoms with van der Waals surface area (Å²) in [6, 6.07) is 14.2. The molecule has 3 aromatic rings. The van der Waals surface area contributed by atoms with E-state index in [9.17, 15) is 4.79 Å². The summed E-state index contributed by atoms with van der Waals surface area (Å²) in [7, 11) is 0. The minimum atomic E-state index is -0.177. The molecular formula is C24H30N6O. The first-order valence-electron chi connectivity index (χ1n) is 10.9. The molecule has 1 unspecified atom stereocenters. The zero-order valence-electron chi connectivity index (χ0n) is 18.5. The standard InChI is InChI=1S/C24H30N6O/c1-17-6-5-13-29(14-17)15-20-9-11-21(12-10-20)24-26-28-30(27-24)16-23(31)25-22-8-4-7-18(2)19(22)3/h4,7-12,17H,5-6,13-16H2,1-3H3,(H,25,31). The fourth-order valence-corrected chi connectivity index (χ4v) is 4.08. The van der Waals surface area contributed by atoms with Crippen molar-refractivity contribution < 1.29 is 4.79 Å². The first-order chi connectivity index (χ1) is 15.0. The average Bonchev–Trinajstić information content (AvgIpc) is 3.20. The Balaban J connectivity index is 1.36. The number of nitrogens with zero attached hydrogens (tertiary/aromatic N) is 5. The molecule has 4 rings (SSSR count). The molecule has 0 saturated carbocycles. The zero-order chi connectivity index (χ0) is 21.8. The molecule has 1 aromatic heterocycles. The van der Waals surface area contributed by atoms with Crippen molar-refractivity contribution in [1.82, 2.24) is 25.1 Å². The van der Waals surface area contributed by atoms with Gasteiger partial charge in [-0.3, -0.25) is 9.69 Å². The smallest absolute Gasteiger partial charge is 0.248 e. The average molecular weight is 419 g/mol. The summed E-state index contributed by atoms with van der Waals surface area (Å²) in [5, 5.41) is 15.5. The molecule has 162 valence electrons. The molecule has 7 nitrogen and oxygen atoms in total. The molecule has 1 saturated heterocycles. The lowest BCUT2D eigenvalue weighted by atomic mass is 9.99. The monoisotopic (exact) mass is 418 g/mol. The molecule has 1 fully saturated rings. The Hall–Kier alpha value is -3.06. The molecule has 1 amide bonds. The van der Waals surface area contributed by atoms with E-state index in [-0.39, 0.29) is 12.5 Å². The van der Waals surface area contributed by atoms with E-state index in [0.29, 0.717) is 5.82 Å². The van der Waals surface area contributed by atoms with E-state index in [4.69, 9.17) is 0 Å². The minimum Gasteiger partial charge on any atom is -0.324 e. The Morgan fingerprint density at radius 1 is 1.16 bits per heavy atom. The Bertz CT molecular complexity index is 1040. The molecule has 2 aromatic carbocycles. The minimum absolute atomic E-state index is 0.0195. The van der Waals surface area contributed by atoms with Gasteiger partial charge in [-0.05, 0) is 67.1 Å². The Morgan fingerprint density at radius 2 is 1.97 bits per heavy atom. The number of hydrogen-bond acceptors (Lipinski definition) is 5. The van der Waals surface area contributed by atoms with Crippen LogP contribution in [0.3, 0.4) is 0 Å². The van der Waals surface area contributed by atoms with E-state index >= 15 is 0 Å². The van der Waals surface area contributed by atoms with Crippen LogP contribution in [0.4, 0.5) is 5.69 Å². The summed E-state index contributed by atoms with van der Waals surface area (Å²) in [5.41, 5.74) is 5.19. The first-order valence-corrected chi connectivity index (χ1v) is 10.9. The third-order valence-electron chi connectivity index (χ3n) is 5.98. The van der Waals surface area contributed by atoms with E-state index in [2.05, 4.69) is 44.7 Å². The van der Waals surface area contributed by atoms with Gasteiger partial charge in [0.25, 0.3) is 0 Å². The van der Waals surface area contributed by atoms with Gasteiger partial charge in [-0.1, -0.05) is 43.3 Å². The Labute approximate surface area is 183 Å². The van der Waals surface area contributed by atoms with Crippen molar-refractivity contribution in [2.45, 2.75) is 46.7 Å². The fraction of sp³-hybridized carbons (Fsp3) is 0.417. The Morgan fingerprint density at radius 3 is 2.74 bits per heavy atom. The summed E-state index contributed by atoms with van der Waals surface area (Å²) in [5.74, 6) is 1.13. The number of aromatic nitrogens is 4. The molecule has 0 spiro atoms. The SMILES string of the molecule is Cc1cccc(NC(=O)Cn2nnc(-c3ccc(CN4CCCC(C)C4)cc3)n2)c1C. The van der Waals surface area contributed by atoms with Gasteiger partial charge >= 0.3 is 0 Å². The molecule has 0 radical (unpaired) electrons. The van der Waals surface area contributed by atoms with E-state index in [0.717, 1.165) is 34.8 Å². The van der Waals surface area contributed by atoms with Crippen molar-refractivity contribution in [1.29, 1.82) is 0 Å². The van der Waals surface area contributed by atoms with Crippen LogP contribution in [0.1, 0.15) is 36.5 Å². The maximum atomic E-state index is 12.4. The van der Waals surface area contributed by atoms with Gasteiger partial charge in [0, 0.05) is 24.3 Å². The van der Waals surface area contributed by atoms with Crippen molar-refractivity contribution in [3.8, 4) is 11.4 Å². The van der Waals surface area contributed by atoms with Crippen LogP contribution in [0.5, 0.6) is 0 Å². The van der Waals surface area contributed by atoms with Crippen molar-refractivity contribution in [3.63, 3.8) is 0 Å². The number of anilines is 1. The third kappa shape index (κ3) is 5.35. The molecule has 2 heterocycles. The highest BCUT2D eigenvalue weighted by atomic mass is 16.2. The van der Waals surface area contributed by atoms with Crippen molar-refractivity contribution in [2.24, 2.45) is 5.92 Å². The highest BCUT2D eigenvalue weighted by molar-refractivity contribution is 5.91. The number of carbonyl (C=O) groups is 1. The lowest BCUT2D eigenvalue weighted by Gasteiger charge is -2.30. The van der Waals surface area contributed by atoms with Crippen molar-refractivity contribution >= 4 is 11.6 Å². The number of piperidine rings is 1. The van der Waals surface area contributed by atoms with E-state index in [1.54, 1.807) is 0 Å². The number of amides is 1. The molecule has 7 heteroatoms. The van der Waals surface area contributed by atoms with Crippen LogP contribution in [0.15, 0.2) is 42.5 Å². The third-order valence-corrected chi connectivity index (χ3v) is 5.98. The summed E-state index contributed by atoms with van der Waals surface area (Å²) in [4.78, 5) is 16.3. The number of carbonyl (C=O) groups excluding carboxylic acids is 1. The van der Waals surface area contributed by atoms with Gasteiger partial charge < -0.3 is 5.32 Å². The quantitative estimate of drug-likeness (QED) is 0.658. The van der Waals surface area contributed by atoms with Crippen LogP contribution in [-0.2, 0) is 17.9 Å².